The van der Waals surface area contributed by atoms with Crippen LogP contribution < -0.4 is 5.73 Å². The van der Waals surface area contributed by atoms with Crippen LogP contribution in [0.2, 0.25) is 5.02 Å². The molecule has 2 aromatic heterocycles. The van der Waals surface area contributed by atoms with E-state index in [2.05, 4.69) is 23.8 Å². The largest absolute Gasteiger partial charge is 0.381 e. The summed E-state index contributed by atoms with van der Waals surface area (Å²) in [4.78, 5) is 8.53. The Labute approximate surface area is 117 Å². The normalized spacial score (nSPS) is 11.6. The van der Waals surface area contributed by atoms with Gasteiger partial charge in [0, 0.05) is 26.0 Å². The maximum Gasteiger partial charge on any atom is 0.202 e. The van der Waals surface area contributed by atoms with E-state index in [1.807, 2.05) is 4.57 Å². The lowest BCUT2D eigenvalue weighted by molar-refractivity contribution is 0.105. The van der Waals surface area contributed by atoms with E-state index in [9.17, 15) is 0 Å². The Morgan fingerprint density at radius 1 is 1.47 bits per heavy atom. The molecule has 0 aliphatic rings. The molecule has 19 heavy (non-hydrogen) atoms. The van der Waals surface area contributed by atoms with E-state index < -0.39 is 0 Å². The number of aryl methyl sites for hydroxylation is 1. The van der Waals surface area contributed by atoms with E-state index in [1.54, 1.807) is 12.3 Å². The third kappa shape index (κ3) is 3.58. The second-order valence-electron chi connectivity index (χ2n) is 4.94. The van der Waals surface area contributed by atoms with Gasteiger partial charge >= 0.3 is 0 Å². The van der Waals surface area contributed by atoms with Gasteiger partial charge in [-0.2, -0.15) is 0 Å². The summed E-state index contributed by atoms with van der Waals surface area (Å²) in [5.41, 5.74) is 7.39. The third-order valence-electron chi connectivity index (χ3n) is 2.70. The minimum absolute atomic E-state index is 0.466. The van der Waals surface area contributed by atoms with Crippen LogP contribution in [-0.4, -0.2) is 27.7 Å². The van der Waals surface area contributed by atoms with Crippen LogP contribution in [0.25, 0.3) is 11.2 Å². The van der Waals surface area contributed by atoms with Gasteiger partial charge in [0.25, 0.3) is 0 Å². The average molecular weight is 283 g/mol. The molecule has 0 saturated carbocycles. The molecule has 2 aromatic rings. The number of anilines is 1. The van der Waals surface area contributed by atoms with Gasteiger partial charge in [0.1, 0.15) is 5.52 Å². The molecule has 2 N–H and O–H groups in total. The number of aromatic nitrogens is 3. The smallest absolute Gasteiger partial charge is 0.202 e. The summed E-state index contributed by atoms with van der Waals surface area (Å²) in [7, 11) is 0. The van der Waals surface area contributed by atoms with E-state index in [-0.39, 0.29) is 0 Å². The molecule has 0 fully saturated rings. The zero-order chi connectivity index (χ0) is 13.8. The predicted octanol–water partition coefficient (Wildman–Crippen LogP) is 2.73. The molecule has 0 bridgehead atoms. The molecule has 0 spiro atoms. The average Bonchev–Trinajstić information content (AvgIpc) is 2.64. The highest BCUT2D eigenvalue weighted by atomic mass is 35.5. The number of hydrogen-bond donors (Lipinski definition) is 1. The highest BCUT2D eigenvalue weighted by Crippen LogP contribution is 2.19. The third-order valence-corrected chi connectivity index (χ3v) is 2.91. The number of fused-ring (bicyclic) bond motifs is 1. The molecule has 5 nitrogen and oxygen atoms in total. The molecule has 2 rings (SSSR count). The predicted molar refractivity (Wildman–Crippen MR) is 77.2 cm³/mol. The van der Waals surface area contributed by atoms with Crippen molar-refractivity contribution in [3.05, 3.63) is 17.3 Å². The molecule has 2 heterocycles. The van der Waals surface area contributed by atoms with Crippen molar-refractivity contribution in [2.75, 3.05) is 18.9 Å². The molecule has 0 radical (unpaired) electrons. The molecule has 0 amide bonds. The van der Waals surface area contributed by atoms with Gasteiger partial charge in [-0.1, -0.05) is 25.4 Å². The molecule has 0 unspecified atom stereocenters. The van der Waals surface area contributed by atoms with E-state index in [0.717, 1.165) is 30.7 Å². The number of nitrogens with two attached hydrogens (primary N) is 1. The SMILES string of the molecule is CC(C)COCCCn1c(N)nc2cc(Cl)cnc21. The van der Waals surface area contributed by atoms with Crippen LogP contribution in [0.1, 0.15) is 20.3 Å². The molecule has 0 aromatic carbocycles. The Morgan fingerprint density at radius 3 is 3.00 bits per heavy atom. The van der Waals surface area contributed by atoms with Gasteiger partial charge in [0.15, 0.2) is 5.65 Å². The van der Waals surface area contributed by atoms with Crippen LogP contribution in [0.4, 0.5) is 5.95 Å². The molecule has 0 atom stereocenters. The molecule has 0 aliphatic carbocycles. The first-order valence-electron chi connectivity index (χ1n) is 6.43. The van der Waals surface area contributed by atoms with Gasteiger partial charge in [-0.05, 0) is 18.4 Å². The standard InChI is InChI=1S/C13H19ClN4O/c1-9(2)8-19-5-3-4-18-12-11(17-13(18)15)6-10(14)7-16-12/h6-7,9H,3-5,8H2,1-2H3,(H2,15,17). The molecular weight excluding hydrogens is 264 g/mol. The first-order chi connectivity index (χ1) is 9.08. The summed E-state index contributed by atoms with van der Waals surface area (Å²) in [5.74, 6) is 1.02. The molecule has 0 aliphatic heterocycles. The fraction of sp³-hybridized carbons (Fsp3) is 0.538. The van der Waals surface area contributed by atoms with Gasteiger partial charge in [-0.3, -0.25) is 4.57 Å². The van der Waals surface area contributed by atoms with E-state index in [0.29, 0.717) is 23.5 Å². The van der Waals surface area contributed by atoms with Gasteiger partial charge in [-0.25, -0.2) is 9.97 Å². The molecular formula is C13H19ClN4O. The minimum Gasteiger partial charge on any atom is -0.381 e. The summed E-state index contributed by atoms with van der Waals surface area (Å²) >= 11 is 5.88. The fourth-order valence-electron chi connectivity index (χ4n) is 1.87. The second kappa shape index (κ2) is 6.21. The molecule has 0 saturated heterocycles. The van der Waals surface area contributed by atoms with Crippen LogP contribution in [0, 0.1) is 5.92 Å². The molecule has 6 heteroatoms. The lowest BCUT2D eigenvalue weighted by atomic mass is 10.2. The monoisotopic (exact) mass is 282 g/mol. The number of ether oxygens (including phenoxy) is 1. The summed E-state index contributed by atoms with van der Waals surface area (Å²) in [6.07, 6.45) is 2.49. The van der Waals surface area contributed by atoms with Crippen molar-refractivity contribution >= 4 is 28.7 Å². The van der Waals surface area contributed by atoms with Gasteiger partial charge in [0.05, 0.1) is 5.02 Å². The second-order valence-corrected chi connectivity index (χ2v) is 5.38. The lowest BCUT2D eigenvalue weighted by Crippen LogP contribution is -2.08. The zero-order valence-electron chi connectivity index (χ0n) is 11.3. The Hall–Kier alpha value is -1.33. The Kier molecular flexibility index (Phi) is 4.61. The number of halogens is 1. The van der Waals surface area contributed by atoms with Crippen molar-refractivity contribution < 1.29 is 4.74 Å². The van der Waals surface area contributed by atoms with Crippen LogP contribution in [0.3, 0.4) is 0 Å². The van der Waals surface area contributed by atoms with Gasteiger partial charge in [-0.15, -0.1) is 0 Å². The summed E-state index contributed by atoms with van der Waals surface area (Å²) in [6, 6.07) is 1.77. The van der Waals surface area contributed by atoms with E-state index >= 15 is 0 Å². The van der Waals surface area contributed by atoms with Crippen molar-refractivity contribution in [1.29, 1.82) is 0 Å². The Bertz CT molecular complexity index is 553. The number of nitrogens with zero attached hydrogens (tertiary/aromatic N) is 3. The van der Waals surface area contributed by atoms with Crippen molar-refractivity contribution in [3.8, 4) is 0 Å². The topological polar surface area (TPSA) is 66.0 Å². The van der Waals surface area contributed by atoms with Crippen LogP contribution >= 0.6 is 11.6 Å². The Morgan fingerprint density at radius 2 is 2.26 bits per heavy atom. The van der Waals surface area contributed by atoms with Crippen molar-refractivity contribution in [1.82, 2.24) is 14.5 Å². The first kappa shape index (κ1) is 14.1. The van der Waals surface area contributed by atoms with Crippen LogP contribution in [0.15, 0.2) is 12.3 Å². The lowest BCUT2D eigenvalue weighted by Gasteiger charge is -2.08. The Balaban J connectivity index is 1.98. The van der Waals surface area contributed by atoms with Crippen molar-refractivity contribution in [2.45, 2.75) is 26.8 Å². The number of hydrogen-bond acceptors (Lipinski definition) is 4. The summed E-state index contributed by atoms with van der Waals surface area (Å²) < 4.78 is 7.44. The maximum atomic E-state index is 5.89. The van der Waals surface area contributed by atoms with Crippen LogP contribution in [-0.2, 0) is 11.3 Å². The zero-order valence-corrected chi connectivity index (χ0v) is 12.0. The fourth-order valence-corrected chi connectivity index (χ4v) is 2.02. The van der Waals surface area contributed by atoms with Crippen LogP contribution in [0.5, 0.6) is 0 Å². The highest BCUT2D eigenvalue weighted by molar-refractivity contribution is 6.31. The number of imidazole rings is 1. The molecule has 104 valence electrons. The number of nitrogen functional groups attached to an aromatic ring is 1. The first-order valence-corrected chi connectivity index (χ1v) is 6.80. The maximum absolute atomic E-state index is 5.89. The number of rotatable bonds is 6. The quantitative estimate of drug-likeness (QED) is 0.827. The highest BCUT2D eigenvalue weighted by Gasteiger charge is 2.09. The van der Waals surface area contributed by atoms with Crippen molar-refractivity contribution in [2.24, 2.45) is 5.92 Å². The minimum atomic E-state index is 0.466. The van der Waals surface area contributed by atoms with Crippen molar-refractivity contribution in [3.63, 3.8) is 0 Å². The summed E-state index contributed by atoms with van der Waals surface area (Å²) in [5, 5.41) is 0.567. The van der Waals surface area contributed by atoms with E-state index in [4.69, 9.17) is 22.1 Å². The van der Waals surface area contributed by atoms with Gasteiger partial charge in [0.2, 0.25) is 5.95 Å². The summed E-state index contributed by atoms with van der Waals surface area (Å²) in [6.45, 7) is 6.51. The van der Waals surface area contributed by atoms with Gasteiger partial charge < -0.3 is 10.5 Å². The van der Waals surface area contributed by atoms with E-state index in [1.165, 1.54) is 0 Å². The number of pyridine rings is 1.